The molecule has 234 valence electrons. The Labute approximate surface area is 248 Å². The third kappa shape index (κ3) is 10.0. The van der Waals surface area contributed by atoms with Gasteiger partial charge in [0, 0.05) is 18.5 Å². The number of benzene rings is 1. The molecule has 0 aromatic heterocycles. The van der Waals surface area contributed by atoms with Gasteiger partial charge in [-0.25, -0.2) is 0 Å². The van der Waals surface area contributed by atoms with Crippen LogP contribution in [0.25, 0.3) is 0 Å². The molecule has 0 aliphatic heterocycles. The van der Waals surface area contributed by atoms with Crippen molar-refractivity contribution in [2.45, 2.75) is 149 Å². The maximum absolute atomic E-state index is 13.4. The first-order chi connectivity index (χ1) is 19.6. The topological polar surface area (TPSA) is 29.5 Å². The Morgan fingerprint density at radius 2 is 1.54 bits per heavy atom. The molecule has 0 radical (unpaired) electrons. The van der Waals surface area contributed by atoms with Crippen LogP contribution in [0.5, 0.6) is 0 Å². The Morgan fingerprint density at radius 3 is 2.12 bits per heavy atom. The summed E-state index contributed by atoms with van der Waals surface area (Å²) in [7, 11) is 0. The number of esters is 1. The number of carbonyl (C=O) groups is 1. The summed E-state index contributed by atoms with van der Waals surface area (Å²) in [6.07, 6.45) is 11.4. The molecule has 4 rings (SSSR count). The lowest BCUT2D eigenvalue weighted by atomic mass is 9.74. The number of rotatable bonds is 9. The zero-order chi connectivity index (χ0) is 30.0. The minimum absolute atomic E-state index is 0.118. The number of alkyl halides is 3. The molecule has 0 heterocycles. The third-order valence-corrected chi connectivity index (χ3v) is 10.1. The number of halogens is 3. The van der Waals surface area contributed by atoms with Gasteiger partial charge < -0.3 is 4.74 Å². The monoisotopic (exact) mass is 579 g/mol. The lowest BCUT2D eigenvalue weighted by Gasteiger charge is -2.46. The van der Waals surface area contributed by atoms with Crippen molar-refractivity contribution in [3.8, 4) is 0 Å². The summed E-state index contributed by atoms with van der Waals surface area (Å²) in [5, 5.41) is 0. The molecule has 3 atom stereocenters. The Bertz CT molecular complexity index is 897. The maximum atomic E-state index is 13.4. The highest BCUT2D eigenvalue weighted by Gasteiger charge is 2.39. The molecule has 41 heavy (non-hydrogen) atoms. The molecule has 0 N–H and O–H groups in total. The van der Waals surface area contributed by atoms with E-state index in [1.165, 1.54) is 69.9 Å². The van der Waals surface area contributed by atoms with Crippen molar-refractivity contribution >= 4 is 5.97 Å². The third-order valence-electron chi connectivity index (χ3n) is 10.1. The van der Waals surface area contributed by atoms with E-state index in [0.717, 1.165) is 43.7 Å². The van der Waals surface area contributed by atoms with Gasteiger partial charge in [-0.1, -0.05) is 71.9 Å². The zero-order valence-electron chi connectivity index (χ0n) is 26.4. The second-order valence-electron chi connectivity index (χ2n) is 13.4. The second kappa shape index (κ2) is 15.8. The number of nitrogens with zero attached hydrogens (tertiary/aromatic N) is 1. The van der Waals surface area contributed by atoms with E-state index < -0.39 is 11.7 Å². The Kier molecular flexibility index (Phi) is 13.1. The van der Waals surface area contributed by atoms with Crippen LogP contribution in [0.2, 0.25) is 0 Å². The van der Waals surface area contributed by atoms with Crippen LogP contribution in [0.3, 0.4) is 0 Å². The molecule has 3 fully saturated rings. The van der Waals surface area contributed by atoms with Crippen molar-refractivity contribution in [3.63, 3.8) is 0 Å². The fraction of sp³-hybridized carbons (Fsp3) is 0.800. The lowest BCUT2D eigenvalue weighted by Crippen LogP contribution is -2.49. The first kappa shape index (κ1) is 33.9. The Morgan fingerprint density at radius 1 is 0.927 bits per heavy atom. The van der Waals surface area contributed by atoms with Gasteiger partial charge in [0.1, 0.15) is 0 Å². The van der Waals surface area contributed by atoms with E-state index in [4.69, 9.17) is 4.74 Å². The summed E-state index contributed by atoms with van der Waals surface area (Å²) >= 11 is 0. The van der Waals surface area contributed by atoms with Gasteiger partial charge in [-0.15, -0.1) is 0 Å². The highest BCUT2D eigenvalue weighted by Crippen LogP contribution is 2.44. The van der Waals surface area contributed by atoms with Crippen molar-refractivity contribution < 1.29 is 22.7 Å². The minimum atomic E-state index is -4.34. The average molecular weight is 580 g/mol. The van der Waals surface area contributed by atoms with E-state index in [-0.39, 0.29) is 17.8 Å². The molecule has 0 spiro atoms. The number of hydrogen-bond donors (Lipinski definition) is 0. The van der Waals surface area contributed by atoms with Gasteiger partial charge in [0.15, 0.2) is 0 Å². The van der Waals surface area contributed by atoms with Gasteiger partial charge in [-0.05, 0) is 106 Å². The standard InChI is InChI=1S/C33H50F3NO2.C2H6/c1-4-39-31(38)23-25-10-7-11-30(29(22-25)26-12-14-27(15-13-26)33(34,35)36)37(21-18-24-8-5-6-9-24)28-16-19-32(2,3)20-17-28;1-2/h12-15,24-25,28-30H,4-11,16-23H2,1-3H3;1-2H3. The molecule has 0 bridgehead atoms. The van der Waals surface area contributed by atoms with Gasteiger partial charge in [0.2, 0.25) is 0 Å². The van der Waals surface area contributed by atoms with E-state index in [1.807, 2.05) is 20.8 Å². The minimum Gasteiger partial charge on any atom is -0.466 e. The van der Waals surface area contributed by atoms with Gasteiger partial charge in [0.05, 0.1) is 12.2 Å². The van der Waals surface area contributed by atoms with Crippen LogP contribution >= 0.6 is 0 Å². The Balaban J connectivity index is 0.00000226. The molecule has 1 aromatic carbocycles. The van der Waals surface area contributed by atoms with Crippen LogP contribution in [-0.4, -0.2) is 36.1 Å². The van der Waals surface area contributed by atoms with Gasteiger partial charge in [-0.3, -0.25) is 9.69 Å². The molecule has 0 saturated heterocycles. The van der Waals surface area contributed by atoms with E-state index >= 15 is 0 Å². The average Bonchev–Trinajstić information content (AvgIpc) is 3.37. The van der Waals surface area contributed by atoms with E-state index in [9.17, 15) is 18.0 Å². The van der Waals surface area contributed by atoms with Gasteiger partial charge in [0.25, 0.3) is 0 Å². The van der Waals surface area contributed by atoms with Crippen molar-refractivity contribution in [3.05, 3.63) is 35.4 Å². The first-order valence-electron chi connectivity index (χ1n) is 16.6. The summed E-state index contributed by atoms with van der Waals surface area (Å²) in [5.74, 6) is 0.968. The molecule has 0 amide bonds. The van der Waals surface area contributed by atoms with Crippen LogP contribution in [0.4, 0.5) is 13.2 Å². The van der Waals surface area contributed by atoms with Crippen LogP contribution < -0.4 is 0 Å². The van der Waals surface area contributed by atoms with Gasteiger partial charge in [-0.2, -0.15) is 13.2 Å². The van der Waals surface area contributed by atoms with Crippen LogP contribution in [0.15, 0.2) is 24.3 Å². The summed E-state index contributed by atoms with van der Waals surface area (Å²) in [4.78, 5) is 15.2. The Hall–Kier alpha value is -1.56. The maximum Gasteiger partial charge on any atom is 0.416 e. The number of carbonyl (C=O) groups excluding carboxylic acids is 1. The predicted octanol–water partition coefficient (Wildman–Crippen LogP) is 10.2. The largest absolute Gasteiger partial charge is 0.466 e. The second-order valence-corrected chi connectivity index (χ2v) is 13.4. The van der Waals surface area contributed by atoms with Crippen LogP contribution in [0, 0.1) is 17.3 Å². The van der Waals surface area contributed by atoms with Crippen LogP contribution in [-0.2, 0) is 15.7 Å². The van der Waals surface area contributed by atoms with Gasteiger partial charge >= 0.3 is 12.1 Å². The molecule has 3 saturated carbocycles. The first-order valence-corrected chi connectivity index (χ1v) is 16.6. The summed E-state index contributed by atoms with van der Waals surface area (Å²) in [5.41, 5.74) is 0.784. The summed E-state index contributed by atoms with van der Waals surface area (Å²) in [6, 6.07) is 6.76. The normalized spacial score (nSPS) is 25.8. The van der Waals surface area contributed by atoms with E-state index in [2.05, 4.69) is 18.7 Å². The smallest absolute Gasteiger partial charge is 0.416 e. The molecule has 3 aliphatic rings. The molecule has 3 nitrogen and oxygen atoms in total. The fourth-order valence-electron chi connectivity index (χ4n) is 7.73. The number of hydrogen-bond acceptors (Lipinski definition) is 3. The summed E-state index contributed by atoms with van der Waals surface area (Å²) < 4.78 is 45.5. The number of ether oxygens (including phenoxy) is 1. The fourth-order valence-corrected chi connectivity index (χ4v) is 7.73. The van der Waals surface area contributed by atoms with Crippen molar-refractivity contribution in [2.24, 2.45) is 17.3 Å². The molecule has 1 aromatic rings. The quantitative estimate of drug-likeness (QED) is 0.215. The predicted molar refractivity (Wildman–Crippen MR) is 162 cm³/mol. The van der Waals surface area contributed by atoms with E-state index in [1.54, 1.807) is 12.1 Å². The van der Waals surface area contributed by atoms with Crippen molar-refractivity contribution in [1.82, 2.24) is 4.90 Å². The molecule has 6 heteroatoms. The van der Waals surface area contributed by atoms with Crippen molar-refractivity contribution in [2.75, 3.05) is 13.2 Å². The highest BCUT2D eigenvalue weighted by atomic mass is 19.4. The zero-order valence-corrected chi connectivity index (χ0v) is 26.4. The van der Waals surface area contributed by atoms with E-state index in [0.29, 0.717) is 30.5 Å². The molecule has 3 unspecified atom stereocenters. The SMILES string of the molecule is CC.CCOC(=O)CC1CCCC(N(CCC2CCCC2)C2CCC(C)(C)CC2)C(c2ccc(C(F)(F)F)cc2)C1. The van der Waals surface area contributed by atoms with Crippen LogP contribution in [0.1, 0.15) is 142 Å². The molecule has 3 aliphatic carbocycles. The highest BCUT2D eigenvalue weighted by molar-refractivity contribution is 5.69. The molecular weight excluding hydrogens is 523 g/mol. The molecular formula is C35H56F3NO2. The summed E-state index contributed by atoms with van der Waals surface area (Å²) in [6.45, 7) is 12.1. The lowest BCUT2D eigenvalue weighted by molar-refractivity contribution is -0.144. The van der Waals surface area contributed by atoms with Crippen molar-refractivity contribution in [1.29, 1.82) is 0 Å².